The van der Waals surface area contributed by atoms with E-state index in [-0.39, 0.29) is 11.9 Å². The summed E-state index contributed by atoms with van der Waals surface area (Å²) in [6.07, 6.45) is 10.4. The molecule has 0 spiro atoms. The molecule has 0 amide bonds. The summed E-state index contributed by atoms with van der Waals surface area (Å²) < 4.78 is 4.68. The molecule has 1 unspecified atom stereocenters. The first kappa shape index (κ1) is 16.1. The van der Waals surface area contributed by atoms with Crippen LogP contribution in [0, 0.1) is 5.92 Å². The zero-order valence-corrected chi connectivity index (χ0v) is 11.2. The zero-order valence-electron chi connectivity index (χ0n) is 11.2. The summed E-state index contributed by atoms with van der Waals surface area (Å²) in [5, 5.41) is 0. The summed E-state index contributed by atoms with van der Waals surface area (Å²) in [6, 6.07) is 0. The van der Waals surface area contributed by atoms with E-state index in [0.717, 1.165) is 25.5 Å². The summed E-state index contributed by atoms with van der Waals surface area (Å²) in [7, 11) is 1.38. The third-order valence-electron chi connectivity index (χ3n) is 3.07. The summed E-state index contributed by atoms with van der Waals surface area (Å²) in [5.74, 6) is -0.476. The molecule has 3 nitrogen and oxygen atoms in total. The van der Waals surface area contributed by atoms with Gasteiger partial charge in [0.2, 0.25) is 0 Å². The van der Waals surface area contributed by atoms with E-state index in [1.165, 1.54) is 39.2 Å². The molecule has 1 atom stereocenters. The number of rotatable bonds is 11. The molecule has 0 saturated heterocycles. The summed E-state index contributed by atoms with van der Waals surface area (Å²) >= 11 is 0. The van der Waals surface area contributed by atoms with Crippen molar-refractivity contribution >= 4 is 12.3 Å². The summed E-state index contributed by atoms with van der Waals surface area (Å²) in [4.78, 5) is 21.8. The second kappa shape index (κ2) is 11.6. The second-order valence-electron chi connectivity index (χ2n) is 4.53. The van der Waals surface area contributed by atoms with Gasteiger partial charge in [-0.25, -0.2) is 0 Å². The largest absolute Gasteiger partial charge is 0.469 e. The molecule has 0 fully saturated rings. The van der Waals surface area contributed by atoms with Crippen molar-refractivity contribution in [1.29, 1.82) is 0 Å². The number of hydrogen-bond acceptors (Lipinski definition) is 3. The van der Waals surface area contributed by atoms with E-state index in [4.69, 9.17) is 0 Å². The van der Waals surface area contributed by atoms with Crippen molar-refractivity contribution < 1.29 is 14.3 Å². The van der Waals surface area contributed by atoms with Gasteiger partial charge >= 0.3 is 5.97 Å². The molecular weight excluding hydrogens is 216 g/mol. The normalized spacial score (nSPS) is 12.1. The smallest absolute Gasteiger partial charge is 0.309 e. The molecule has 0 aromatic heterocycles. The maximum atomic E-state index is 11.3. The highest BCUT2D eigenvalue weighted by atomic mass is 16.5. The van der Waals surface area contributed by atoms with Crippen LogP contribution in [0.4, 0.5) is 0 Å². The van der Waals surface area contributed by atoms with Gasteiger partial charge in [-0.3, -0.25) is 4.79 Å². The van der Waals surface area contributed by atoms with E-state index in [0.29, 0.717) is 6.42 Å². The first-order chi connectivity index (χ1) is 8.26. The lowest BCUT2D eigenvalue weighted by molar-refractivity contribution is -0.146. The van der Waals surface area contributed by atoms with Crippen molar-refractivity contribution in [3.8, 4) is 0 Å². The Labute approximate surface area is 105 Å². The fourth-order valence-electron chi connectivity index (χ4n) is 1.96. The van der Waals surface area contributed by atoms with Crippen molar-refractivity contribution in [1.82, 2.24) is 0 Å². The molecule has 17 heavy (non-hydrogen) atoms. The lowest BCUT2D eigenvalue weighted by Crippen LogP contribution is -2.16. The van der Waals surface area contributed by atoms with Gasteiger partial charge in [-0.05, 0) is 6.42 Å². The Morgan fingerprint density at radius 2 is 1.71 bits per heavy atom. The number of carbonyl (C=O) groups is 2. The zero-order chi connectivity index (χ0) is 12.9. The molecular formula is C14H26O3. The summed E-state index contributed by atoms with van der Waals surface area (Å²) in [5.41, 5.74) is 0. The quantitative estimate of drug-likeness (QED) is 0.316. The van der Waals surface area contributed by atoms with E-state index in [9.17, 15) is 9.59 Å². The monoisotopic (exact) mass is 242 g/mol. The number of carbonyl (C=O) groups excluding carboxylic acids is 2. The lowest BCUT2D eigenvalue weighted by Gasteiger charge is -2.11. The van der Waals surface area contributed by atoms with Crippen LogP contribution in [0.25, 0.3) is 0 Å². The van der Waals surface area contributed by atoms with Crippen LogP contribution in [-0.2, 0) is 14.3 Å². The highest BCUT2D eigenvalue weighted by Crippen LogP contribution is 2.16. The summed E-state index contributed by atoms with van der Waals surface area (Å²) in [6.45, 7) is 2.21. The van der Waals surface area contributed by atoms with Gasteiger partial charge in [0.15, 0.2) is 0 Å². The lowest BCUT2D eigenvalue weighted by atomic mass is 9.98. The topological polar surface area (TPSA) is 43.4 Å². The van der Waals surface area contributed by atoms with Gasteiger partial charge in [0.05, 0.1) is 13.0 Å². The number of hydrogen-bond donors (Lipinski definition) is 0. The first-order valence-electron chi connectivity index (χ1n) is 6.77. The molecule has 0 aromatic rings. The number of aldehydes is 1. The number of unbranched alkanes of at least 4 members (excludes halogenated alkanes) is 6. The van der Waals surface area contributed by atoms with Crippen molar-refractivity contribution in [3.63, 3.8) is 0 Å². The highest BCUT2D eigenvalue weighted by Gasteiger charge is 2.17. The number of esters is 1. The Bertz CT molecular complexity index is 202. The first-order valence-corrected chi connectivity index (χ1v) is 6.77. The molecule has 0 aliphatic heterocycles. The van der Waals surface area contributed by atoms with Crippen LogP contribution in [0.3, 0.4) is 0 Å². The van der Waals surface area contributed by atoms with Crippen molar-refractivity contribution in [3.05, 3.63) is 0 Å². The Morgan fingerprint density at radius 1 is 1.12 bits per heavy atom. The number of ether oxygens (including phenoxy) is 1. The third-order valence-corrected chi connectivity index (χ3v) is 3.07. The van der Waals surface area contributed by atoms with Crippen LogP contribution in [0.15, 0.2) is 0 Å². The van der Waals surface area contributed by atoms with Gasteiger partial charge in [0.25, 0.3) is 0 Å². The third kappa shape index (κ3) is 8.90. The molecule has 0 radical (unpaired) electrons. The van der Waals surface area contributed by atoms with E-state index >= 15 is 0 Å². The molecule has 0 N–H and O–H groups in total. The molecule has 0 aliphatic rings. The molecule has 0 aliphatic carbocycles. The molecule has 0 heterocycles. The van der Waals surface area contributed by atoms with Crippen molar-refractivity contribution in [2.75, 3.05) is 7.11 Å². The van der Waals surface area contributed by atoms with Gasteiger partial charge in [-0.1, -0.05) is 51.9 Å². The molecule has 100 valence electrons. The second-order valence-corrected chi connectivity index (χ2v) is 4.53. The minimum absolute atomic E-state index is 0.229. The van der Waals surface area contributed by atoms with Gasteiger partial charge in [-0.15, -0.1) is 0 Å². The predicted octanol–water partition coefficient (Wildman–Crippen LogP) is 3.51. The van der Waals surface area contributed by atoms with Crippen molar-refractivity contribution in [2.45, 2.75) is 64.7 Å². The number of methoxy groups -OCH3 is 1. The van der Waals surface area contributed by atoms with Crippen LogP contribution in [0.5, 0.6) is 0 Å². The Hall–Kier alpha value is -0.860. The van der Waals surface area contributed by atoms with Crippen LogP contribution in [0.1, 0.15) is 64.7 Å². The highest BCUT2D eigenvalue weighted by molar-refractivity contribution is 5.75. The van der Waals surface area contributed by atoms with Crippen LogP contribution in [0.2, 0.25) is 0 Å². The van der Waals surface area contributed by atoms with E-state index in [1.807, 2.05) is 0 Å². The minimum Gasteiger partial charge on any atom is -0.469 e. The van der Waals surface area contributed by atoms with E-state index in [2.05, 4.69) is 11.7 Å². The molecule has 0 bridgehead atoms. The average molecular weight is 242 g/mol. The molecule has 0 aromatic carbocycles. The van der Waals surface area contributed by atoms with Gasteiger partial charge in [0.1, 0.15) is 6.29 Å². The van der Waals surface area contributed by atoms with Gasteiger partial charge in [-0.2, -0.15) is 0 Å². The van der Waals surface area contributed by atoms with Crippen molar-refractivity contribution in [2.24, 2.45) is 5.92 Å². The van der Waals surface area contributed by atoms with Crippen LogP contribution >= 0.6 is 0 Å². The van der Waals surface area contributed by atoms with Gasteiger partial charge < -0.3 is 9.53 Å². The molecule has 0 rings (SSSR count). The fourth-order valence-corrected chi connectivity index (χ4v) is 1.96. The standard InChI is InChI=1S/C14H26O3/c1-3-4-5-6-7-8-9-10-13(11-12-15)14(16)17-2/h12-13H,3-11H2,1-2H3. The maximum absolute atomic E-state index is 11.3. The van der Waals surface area contributed by atoms with E-state index in [1.54, 1.807) is 0 Å². The van der Waals surface area contributed by atoms with Crippen LogP contribution in [-0.4, -0.2) is 19.4 Å². The van der Waals surface area contributed by atoms with E-state index < -0.39 is 0 Å². The Kier molecular flexibility index (Phi) is 11.0. The molecule has 3 heteroatoms. The minimum atomic E-state index is -0.247. The van der Waals surface area contributed by atoms with Crippen LogP contribution < -0.4 is 0 Å². The predicted molar refractivity (Wildman–Crippen MR) is 68.8 cm³/mol. The average Bonchev–Trinajstić information content (AvgIpc) is 2.35. The SMILES string of the molecule is CCCCCCCCCC(CC=O)C(=O)OC. The maximum Gasteiger partial charge on any atom is 0.309 e. The Morgan fingerprint density at radius 3 is 2.24 bits per heavy atom. The Balaban J connectivity index is 3.54. The molecule has 0 saturated carbocycles. The van der Waals surface area contributed by atoms with Gasteiger partial charge in [0, 0.05) is 6.42 Å². The fraction of sp³-hybridized carbons (Fsp3) is 0.857.